The van der Waals surface area contributed by atoms with Crippen LogP contribution in [0.4, 0.5) is 11.5 Å². The first kappa shape index (κ1) is 22.0. The number of nitrogens with one attached hydrogen (secondary N) is 1. The molecule has 3 aromatic rings. The molecule has 2 heterocycles. The zero-order valence-electron chi connectivity index (χ0n) is 19.1. The lowest BCUT2D eigenvalue weighted by Crippen LogP contribution is -2.38. The Balaban J connectivity index is 1.32. The minimum Gasteiger partial charge on any atom is -0.356 e. The van der Waals surface area contributed by atoms with Crippen LogP contribution < -0.4 is 10.2 Å². The van der Waals surface area contributed by atoms with Gasteiger partial charge in [0.05, 0.1) is 0 Å². The molecular weight excluding hydrogens is 396 g/mol. The van der Waals surface area contributed by atoms with E-state index < -0.39 is 0 Å². The number of anilines is 2. The average Bonchev–Trinajstić information content (AvgIpc) is 2.84. The summed E-state index contributed by atoms with van der Waals surface area (Å²) in [5.74, 6) is 1.82. The molecule has 1 saturated heterocycles. The first-order valence-electron chi connectivity index (χ1n) is 11.7. The van der Waals surface area contributed by atoms with Crippen molar-refractivity contribution >= 4 is 17.4 Å². The number of carbonyl (C=O) groups excluding carboxylic acids is 1. The summed E-state index contributed by atoms with van der Waals surface area (Å²) in [4.78, 5) is 24.3. The molecule has 1 N–H and O–H groups in total. The molecule has 32 heavy (non-hydrogen) atoms. The van der Waals surface area contributed by atoms with E-state index in [1.54, 1.807) is 0 Å². The van der Waals surface area contributed by atoms with Crippen molar-refractivity contribution < 1.29 is 4.79 Å². The van der Waals surface area contributed by atoms with Crippen molar-refractivity contribution in [3.63, 3.8) is 0 Å². The summed E-state index contributed by atoms with van der Waals surface area (Å²) in [5, 5.41) is 3.10. The number of aryl methyl sites for hydroxylation is 2. The average molecular weight is 429 g/mol. The zero-order valence-corrected chi connectivity index (χ0v) is 19.1. The summed E-state index contributed by atoms with van der Waals surface area (Å²) in [6, 6.07) is 18.5. The van der Waals surface area contributed by atoms with Gasteiger partial charge in [0.1, 0.15) is 5.82 Å². The Kier molecular flexibility index (Phi) is 7.15. The highest BCUT2D eigenvalue weighted by atomic mass is 16.1. The van der Waals surface area contributed by atoms with Crippen LogP contribution >= 0.6 is 0 Å². The Bertz CT molecular complexity index is 1020. The van der Waals surface area contributed by atoms with Gasteiger partial charge in [-0.3, -0.25) is 4.79 Å². The summed E-state index contributed by atoms with van der Waals surface area (Å²) < 4.78 is 0. The molecule has 5 heteroatoms. The van der Waals surface area contributed by atoms with Crippen LogP contribution in [0.5, 0.6) is 0 Å². The third-order valence-electron chi connectivity index (χ3n) is 6.18. The number of hydrogen-bond donors (Lipinski definition) is 1. The highest BCUT2D eigenvalue weighted by Crippen LogP contribution is 2.25. The molecular formula is C27H32N4O. The molecule has 1 aliphatic rings. The van der Waals surface area contributed by atoms with Gasteiger partial charge in [-0.2, -0.15) is 0 Å². The van der Waals surface area contributed by atoms with Crippen molar-refractivity contribution in [1.29, 1.82) is 0 Å². The smallest absolute Gasteiger partial charge is 0.227 e. The molecule has 1 aromatic heterocycles. The van der Waals surface area contributed by atoms with Crippen LogP contribution in [0.25, 0.3) is 11.4 Å². The fourth-order valence-corrected chi connectivity index (χ4v) is 4.12. The SMILES string of the molecule is CCCCc1ccc(NC(=O)C2CCN(c3ccnc(-c4ccc(C)cc4)n3)CC2)cc1. The molecule has 0 aliphatic carbocycles. The monoisotopic (exact) mass is 428 g/mol. The molecule has 0 radical (unpaired) electrons. The van der Waals surface area contributed by atoms with Crippen molar-refractivity contribution in [2.75, 3.05) is 23.3 Å². The Labute approximate surface area is 190 Å². The number of benzene rings is 2. The van der Waals surface area contributed by atoms with E-state index in [9.17, 15) is 4.79 Å². The van der Waals surface area contributed by atoms with E-state index in [1.807, 2.05) is 24.4 Å². The third-order valence-corrected chi connectivity index (χ3v) is 6.18. The Hall–Kier alpha value is -3.21. The predicted octanol–water partition coefficient (Wildman–Crippen LogP) is 5.65. The second kappa shape index (κ2) is 10.4. The molecule has 1 aliphatic heterocycles. The lowest BCUT2D eigenvalue weighted by molar-refractivity contribution is -0.120. The Morgan fingerprint density at radius 3 is 2.44 bits per heavy atom. The van der Waals surface area contributed by atoms with Crippen molar-refractivity contribution in [2.45, 2.75) is 46.0 Å². The molecule has 2 aromatic carbocycles. The van der Waals surface area contributed by atoms with Gasteiger partial charge in [-0.05, 0) is 56.4 Å². The first-order chi connectivity index (χ1) is 15.6. The quantitative estimate of drug-likeness (QED) is 0.528. The lowest BCUT2D eigenvalue weighted by Gasteiger charge is -2.32. The number of unbranched alkanes of at least 4 members (excludes halogenated alkanes) is 1. The standard InChI is InChI=1S/C27H32N4O/c1-3-4-5-21-8-12-24(13-9-21)29-27(32)23-15-18-31(19-16-23)25-14-17-28-26(30-25)22-10-6-20(2)7-11-22/h6-14,17,23H,3-5,15-16,18-19H2,1-2H3,(H,29,32). The summed E-state index contributed by atoms with van der Waals surface area (Å²) in [6.07, 6.45) is 6.95. The van der Waals surface area contributed by atoms with E-state index in [1.165, 1.54) is 24.0 Å². The van der Waals surface area contributed by atoms with E-state index in [4.69, 9.17) is 4.98 Å². The van der Waals surface area contributed by atoms with Gasteiger partial charge in [-0.25, -0.2) is 9.97 Å². The second-order valence-corrected chi connectivity index (χ2v) is 8.66. The van der Waals surface area contributed by atoms with Gasteiger partial charge in [0.15, 0.2) is 5.82 Å². The van der Waals surface area contributed by atoms with E-state index >= 15 is 0 Å². The number of aromatic nitrogens is 2. The van der Waals surface area contributed by atoms with Crippen LogP contribution in [-0.2, 0) is 11.2 Å². The molecule has 0 spiro atoms. The number of piperidine rings is 1. The highest BCUT2D eigenvalue weighted by molar-refractivity contribution is 5.92. The van der Waals surface area contributed by atoms with Crippen LogP contribution in [-0.4, -0.2) is 29.0 Å². The van der Waals surface area contributed by atoms with E-state index in [2.05, 4.69) is 65.4 Å². The molecule has 5 nitrogen and oxygen atoms in total. The summed E-state index contributed by atoms with van der Waals surface area (Å²) in [7, 11) is 0. The van der Waals surface area contributed by atoms with Crippen LogP contribution in [0, 0.1) is 12.8 Å². The van der Waals surface area contributed by atoms with Gasteiger partial charge in [-0.15, -0.1) is 0 Å². The molecule has 0 saturated carbocycles. The molecule has 1 fully saturated rings. The summed E-state index contributed by atoms with van der Waals surface area (Å²) >= 11 is 0. The predicted molar refractivity (Wildman–Crippen MR) is 131 cm³/mol. The van der Waals surface area contributed by atoms with Gasteiger partial charge >= 0.3 is 0 Å². The number of nitrogens with zero attached hydrogens (tertiary/aromatic N) is 3. The first-order valence-corrected chi connectivity index (χ1v) is 11.7. The fraction of sp³-hybridized carbons (Fsp3) is 0.370. The number of amides is 1. The van der Waals surface area contributed by atoms with E-state index in [0.29, 0.717) is 0 Å². The Morgan fingerprint density at radius 1 is 1.03 bits per heavy atom. The maximum atomic E-state index is 12.8. The van der Waals surface area contributed by atoms with Crippen molar-refractivity contribution in [3.05, 3.63) is 71.9 Å². The molecule has 1 amide bonds. The van der Waals surface area contributed by atoms with Gasteiger partial charge < -0.3 is 10.2 Å². The summed E-state index contributed by atoms with van der Waals surface area (Å²) in [6.45, 7) is 5.91. The minimum atomic E-state index is 0.0319. The van der Waals surface area contributed by atoms with Gasteiger partial charge in [-0.1, -0.05) is 55.3 Å². The highest BCUT2D eigenvalue weighted by Gasteiger charge is 2.26. The molecule has 0 unspecified atom stereocenters. The maximum Gasteiger partial charge on any atom is 0.227 e. The minimum absolute atomic E-state index is 0.0319. The molecule has 166 valence electrons. The maximum absolute atomic E-state index is 12.8. The third kappa shape index (κ3) is 5.52. The number of carbonyl (C=O) groups is 1. The van der Waals surface area contributed by atoms with E-state index in [-0.39, 0.29) is 11.8 Å². The number of hydrogen-bond acceptors (Lipinski definition) is 4. The zero-order chi connectivity index (χ0) is 22.3. The van der Waals surface area contributed by atoms with Crippen molar-refractivity contribution in [1.82, 2.24) is 9.97 Å². The van der Waals surface area contributed by atoms with Crippen molar-refractivity contribution in [3.8, 4) is 11.4 Å². The topological polar surface area (TPSA) is 58.1 Å². The van der Waals surface area contributed by atoms with Crippen LogP contribution in [0.2, 0.25) is 0 Å². The van der Waals surface area contributed by atoms with E-state index in [0.717, 1.165) is 55.2 Å². The lowest BCUT2D eigenvalue weighted by atomic mass is 9.95. The number of rotatable bonds is 7. The van der Waals surface area contributed by atoms with Crippen LogP contribution in [0.15, 0.2) is 60.8 Å². The van der Waals surface area contributed by atoms with Crippen LogP contribution in [0.1, 0.15) is 43.7 Å². The molecule has 0 bridgehead atoms. The largest absolute Gasteiger partial charge is 0.356 e. The second-order valence-electron chi connectivity index (χ2n) is 8.66. The van der Waals surface area contributed by atoms with Crippen LogP contribution in [0.3, 0.4) is 0 Å². The van der Waals surface area contributed by atoms with Gasteiger partial charge in [0.2, 0.25) is 5.91 Å². The normalized spacial score (nSPS) is 14.4. The molecule has 0 atom stereocenters. The van der Waals surface area contributed by atoms with Gasteiger partial charge in [0.25, 0.3) is 0 Å². The Morgan fingerprint density at radius 2 is 1.75 bits per heavy atom. The van der Waals surface area contributed by atoms with Crippen molar-refractivity contribution in [2.24, 2.45) is 5.92 Å². The fourth-order valence-electron chi connectivity index (χ4n) is 4.12. The summed E-state index contributed by atoms with van der Waals surface area (Å²) in [5.41, 5.74) is 4.45. The molecule has 4 rings (SSSR count). The van der Waals surface area contributed by atoms with Gasteiger partial charge in [0, 0.05) is 36.5 Å².